The summed E-state index contributed by atoms with van der Waals surface area (Å²) in [4.78, 5) is 37.2. The maximum Gasteiger partial charge on any atom is 0.407 e. The van der Waals surface area contributed by atoms with Crippen molar-refractivity contribution in [3.05, 3.63) is 80.8 Å². The number of halogens is 3. The highest BCUT2D eigenvalue weighted by Gasteiger charge is 2.21. The lowest BCUT2D eigenvalue weighted by Gasteiger charge is -2.19. The smallest absolute Gasteiger partial charge is 0.407 e. The van der Waals surface area contributed by atoms with Crippen molar-refractivity contribution >= 4 is 69.9 Å². The average molecular weight is 594 g/mol. The van der Waals surface area contributed by atoms with E-state index in [-0.39, 0.29) is 32.0 Å². The summed E-state index contributed by atoms with van der Waals surface area (Å²) >= 11 is 18.2. The van der Waals surface area contributed by atoms with Crippen molar-refractivity contribution in [3.63, 3.8) is 0 Å². The van der Waals surface area contributed by atoms with Crippen LogP contribution in [0, 0.1) is 0 Å². The lowest BCUT2D eigenvalue weighted by molar-refractivity contribution is 0.0528. The van der Waals surface area contributed by atoms with E-state index in [1.54, 1.807) is 63.2 Å². The summed E-state index contributed by atoms with van der Waals surface area (Å²) < 4.78 is 5.20. The van der Waals surface area contributed by atoms with Gasteiger partial charge in [0.2, 0.25) is 0 Å². The number of amides is 4. The maximum absolute atomic E-state index is 12.9. The third kappa shape index (κ3) is 8.68. The van der Waals surface area contributed by atoms with Gasteiger partial charge < -0.3 is 31.1 Å². The first-order chi connectivity index (χ1) is 18.3. The highest BCUT2D eigenvalue weighted by molar-refractivity contribution is 6.44. The minimum absolute atomic E-state index is 0.0151. The molecule has 39 heavy (non-hydrogen) atoms. The van der Waals surface area contributed by atoms with Crippen LogP contribution < -0.4 is 21.3 Å². The van der Waals surface area contributed by atoms with Gasteiger partial charge in [-0.15, -0.1) is 0 Å². The quantitative estimate of drug-likeness (QED) is 0.183. The van der Waals surface area contributed by atoms with E-state index in [4.69, 9.17) is 39.5 Å². The van der Waals surface area contributed by atoms with Crippen LogP contribution in [0.5, 0.6) is 5.75 Å². The Balaban J connectivity index is 1.62. The van der Waals surface area contributed by atoms with Crippen LogP contribution in [0.15, 0.2) is 54.6 Å². The van der Waals surface area contributed by atoms with Gasteiger partial charge in [-0.1, -0.05) is 53.0 Å². The molecule has 12 heteroatoms. The number of phenolic OH excluding ortho intramolecular Hbond substituents is 1. The molecular weight excluding hydrogens is 567 g/mol. The molecule has 5 N–H and O–H groups in total. The van der Waals surface area contributed by atoms with Gasteiger partial charge in [0.1, 0.15) is 11.2 Å². The van der Waals surface area contributed by atoms with Gasteiger partial charge in [-0.05, 0) is 69.2 Å². The summed E-state index contributed by atoms with van der Waals surface area (Å²) in [5, 5.41) is 21.4. The van der Waals surface area contributed by atoms with E-state index in [2.05, 4.69) is 21.3 Å². The Labute approximate surface area is 240 Å². The second-order valence-corrected chi connectivity index (χ2v) is 10.5. The number of carbonyl (C=O) groups is 3. The van der Waals surface area contributed by atoms with Crippen molar-refractivity contribution in [2.75, 3.05) is 22.5 Å². The van der Waals surface area contributed by atoms with Crippen LogP contribution in [0.4, 0.5) is 26.7 Å². The Hall–Kier alpha value is -3.66. The number of hydrogen-bond donors (Lipinski definition) is 5. The normalized spacial score (nSPS) is 10.9. The first kappa shape index (κ1) is 29.9. The molecule has 206 valence electrons. The molecule has 9 nitrogen and oxygen atoms in total. The van der Waals surface area contributed by atoms with E-state index < -0.39 is 29.4 Å². The predicted molar refractivity (Wildman–Crippen MR) is 155 cm³/mol. The van der Waals surface area contributed by atoms with Crippen LogP contribution in [0.2, 0.25) is 15.1 Å². The van der Waals surface area contributed by atoms with Gasteiger partial charge in [-0.25, -0.2) is 9.59 Å². The summed E-state index contributed by atoms with van der Waals surface area (Å²) in [6.07, 6.45) is 0.0570. The number of anilines is 3. The number of urea groups is 1. The standard InChI is InChI=1S/C27H27Cl3N4O5/c1-27(2,3)39-26(38)31-14-13-15-7-9-16(10-8-15)32-24(36)21-17(28)11-12-20(23(21)35)34-25(37)33-19-6-4-5-18(29)22(19)30/h4-12,35H,13-14H2,1-3H3,(H,31,38)(H,32,36)(H2,33,34,37). The number of hydrogen-bond acceptors (Lipinski definition) is 5. The zero-order chi connectivity index (χ0) is 28.7. The third-order valence-electron chi connectivity index (χ3n) is 5.10. The Morgan fingerprint density at radius 1 is 0.846 bits per heavy atom. The Morgan fingerprint density at radius 2 is 1.51 bits per heavy atom. The van der Waals surface area contributed by atoms with Gasteiger partial charge >= 0.3 is 12.1 Å². The van der Waals surface area contributed by atoms with Crippen molar-refractivity contribution in [3.8, 4) is 5.75 Å². The van der Waals surface area contributed by atoms with Crippen LogP contribution in [-0.2, 0) is 11.2 Å². The minimum Gasteiger partial charge on any atom is -0.505 e. The molecule has 0 bridgehead atoms. The van der Waals surface area contributed by atoms with Crippen molar-refractivity contribution in [1.29, 1.82) is 0 Å². The maximum atomic E-state index is 12.9. The summed E-state index contributed by atoms with van der Waals surface area (Å²) in [7, 11) is 0. The molecule has 3 rings (SSSR count). The van der Waals surface area contributed by atoms with Crippen molar-refractivity contribution in [2.45, 2.75) is 32.8 Å². The molecule has 3 aromatic carbocycles. The van der Waals surface area contributed by atoms with Gasteiger partial charge in [-0.2, -0.15) is 0 Å². The number of carbonyl (C=O) groups excluding carboxylic acids is 3. The molecule has 0 aromatic heterocycles. The molecule has 0 atom stereocenters. The molecule has 4 amide bonds. The molecule has 0 saturated heterocycles. The van der Waals surface area contributed by atoms with E-state index in [1.165, 1.54) is 12.1 Å². The van der Waals surface area contributed by atoms with Crippen molar-refractivity contribution in [2.24, 2.45) is 0 Å². The van der Waals surface area contributed by atoms with Gasteiger partial charge in [-0.3, -0.25) is 4.79 Å². The SMILES string of the molecule is CC(C)(C)OC(=O)NCCc1ccc(NC(=O)c2c(Cl)ccc(NC(=O)Nc3cccc(Cl)c3Cl)c2O)cc1. The summed E-state index contributed by atoms with van der Waals surface area (Å²) in [6, 6.07) is 13.7. The Morgan fingerprint density at radius 3 is 2.18 bits per heavy atom. The number of benzene rings is 3. The van der Waals surface area contributed by atoms with Crippen LogP contribution in [0.1, 0.15) is 36.7 Å². The van der Waals surface area contributed by atoms with Gasteiger partial charge in [0.25, 0.3) is 5.91 Å². The molecule has 0 aliphatic heterocycles. The number of ether oxygens (including phenoxy) is 1. The number of nitrogens with one attached hydrogen (secondary N) is 4. The first-order valence-corrected chi connectivity index (χ1v) is 12.9. The fourth-order valence-electron chi connectivity index (χ4n) is 3.33. The third-order valence-corrected chi connectivity index (χ3v) is 6.23. The molecule has 3 aromatic rings. The number of phenols is 1. The second kappa shape index (κ2) is 12.9. The lowest BCUT2D eigenvalue weighted by atomic mass is 10.1. The zero-order valence-corrected chi connectivity index (χ0v) is 23.6. The highest BCUT2D eigenvalue weighted by Crippen LogP contribution is 2.35. The molecule has 0 aliphatic carbocycles. The second-order valence-electron chi connectivity index (χ2n) is 9.33. The van der Waals surface area contributed by atoms with Crippen LogP contribution in [-0.4, -0.2) is 35.3 Å². The Kier molecular flexibility index (Phi) is 9.91. The van der Waals surface area contributed by atoms with Gasteiger partial charge in [0.15, 0.2) is 5.75 Å². The molecule has 0 unspecified atom stereocenters. The molecule has 0 fully saturated rings. The van der Waals surface area contributed by atoms with Gasteiger partial charge in [0, 0.05) is 12.2 Å². The van der Waals surface area contributed by atoms with E-state index in [0.717, 1.165) is 5.56 Å². The van der Waals surface area contributed by atoms with E-state index in [1.807, 2.05) is 0 Å². The topological polar surface area (TPSA) is 129 Å². The number of aromatic hydroxyl groups is 1. The minimum atomic E-state index is -0.722. The highest BCUT2D eigenvalue weighted by atomic mass is 35.5. The summed E-state index contributed by atoms with van der Waals surface area (Å²) in [6.45, 7) is 5.74. The first-order valence-electron chi connectivity index (χ1n) is 11.7. The van der Waals surface area contributed by atoms with Crippen LogP contribution in [0.25, 0.3) is 0 Å². The Bertz CT molecular complexity index is 1380. The van der Waals surface area contributed by atoms with Crippen molar-refractivity contribution in [1.82, 2.24) is 5.32 Å². The van der Waals surface area contributed by atoms with E-state index in [9.17, 15) is 19.5 Å². The molecule has 0 spiro atoms. The van der Waals surface area contributed by atoms with Crippen LogP contribution in [0.3, 0.4) is 0 Å². The molecule has 0 saturated carbocycles. The number of rotatable bonds is 7. The predicted octanol–water partition coefficient (Wildman–Crippen LogP) is 7.32. The van der Waals surface area contributed by atoms with Crippen LogP contribution >= 0.6 is 34.8 Å². The van der Waals surface area contributed by atoms with E-state index in [0.29, 0.717) is 18.7 Å². The summed E-state index contributed by atoms with van der Waals surface area (Å²) in [5.41, 5.74) is 0.785. The molecular formula is C27H27Cl3N4O5. The zero-order valence-electron chi connectivity index (χ0n) is 21.3. The summed E-state index contributed by atoms with van der Waals surface area (Å²) in [5.74, 6) is -1.20. The number of alkyl carbamates (subject to hydrolysis) is 1. The van der Waals surface area contributed by atoms with E-state index >= 15 is 0 Å². The van der Waals surface area contributed by atoms with Gasteiger partial charge in [0.05, 0.1) is 26.4 Å². The molecule has 0 heterocycles. The largest absolute Gasteiger partial charge is 0.505 e. The average Bonchev–Trinajstić information content (AvgIpc) is 2.84. The monoisotopic (exact) mass is 592 g/mol. The molecule has 0 radical (unpaired) electrons. The fraction of sp³-hybridized carbons (Fsp3) is 0.222. The van der Waals surface area contributed by atoms with Crippen molar-refractivity contribution < 1.29 is 24.2 Å². The molecule has 0 aliphatic rings. The lowest BCUT2D eigenvalue weighted by Crippen LogP contribution is -2.33. The fourth-order valence-corrected chi connectivity index (χ4v) is 3.92.